The number of oxazole rings is 1. The van der Waals surface area contributed by atoms with Gasteiger partial charge in [0.25, 0.3) is 0 Å². The minimum atomic E-state index is 0.469. The van der Waals surface area contributed by atoms with Gasteiger partial charge in [-0.3, -0.25) is 0 Å². The van der Waals surface area contributed by atoms with E-state index >= 15 is 0 Å². The first kappa shape index (κ1) is 18.2. The monoisotopic (exact) mass is 368 g/mol. The highest BCUT2D eigenvalue weighted by Crippen LogP contribution is 2.18. The van der Waals surface area contributed by atoms with E-state index in [1.807, 2.05) is 41.7 Å². The number of hydrogen-bond donors (Lipinski definition) is 2. The fourth-order valence-corrected chi connectivity index (χ4v) is 3.37. The molecule has 0 unspecified atom stereocenters. The molecule has 0 amide bonds. The molecule has 0 spiro atoms. The molecular weight excluding hydrogens is 344 g/mol. The summed E-state index contributed by atoms with van der Waals surface area (Å²) in [4.78, 5) is 11.8. The highest BCUT2D eigenvalue weighted by molar-refractivity contribution is 7.11. The first-order valence-electron chi connectivity index (χ1n) is 8.88. The molecule has 0 aliphatic rings. The van der Waals surface area contributed by atoms with Crippen LogP contribution in [-0.2, 0) is 19.5 Å². The molecule has 0 saturated heterocycles. The van der Waals surface area contributed by atoms with Gasteiger partial charge in [-0.2, -0.15) is 0 Å². The minimum Gasteiger partial charge on any atom is -0.444 e. The average molecular weight is 369 g/mol. The molecule has 0 saturated carbocycles. The van der Waals surface area contributed by atoms with Crippen molar-refractivity contribution in [1.29, 1.82) is 0 Å². The van der Waals surface area contributed by atoms with E-state index in [2.05, 4.69) is 46.6 Å². The van der Waals surface area contributed by atoms with Crippen LogP contribution in [0.15, 0.2) is 58.1 Å². The van der Waals surface area contributed by atoms with Crippen molar-refractivity contribution < 1.29 is 4.42 Å². The maximum atomic E-state index is 5.57. The highest BCUT2D eigenvalue weighted by atomic mass is 32.1. The van der Waals surface area contributed by atoms with Crippen molar-refractivity contribution in [2.75, 3.05) is 6.54 Å². The zero-order valence-corrected chi connectivity index (χ0v) is 16.0. The second-order valence-corrected chi connectivity index (χ2v) is 7.03. The van der Waals surface area contributed by atoms with Crippen LogP contribution >= 0.6 is 11.3 Å². The summed E-state index contributed by atoms with van der Waals surface area (Å²) in [5, 5.41) is 6.64. The molecule has 1 aromatic carbocycles. The van der Waals surface area contributed by atoms with Gasteiger partial charge in [0.15, 0.2) is 5.96 Å². The van der Waals surface area contributed by atoms with Crippen molar-refractivity contribution in [2.24, 2.45) is 4.99 Å². The van der Waals surface area contributed by atoms with E-state index in [9.17, 15) is 0 Å². The van der Waals surface area contributed by atoms with Gasteiger partial charge in [0.1, 0.15) is 12.0 Å². The van der Waals surface area contributed by atoms with Crippen molar-refractivity contribution >= 4 is 17.3 Å². The Balaban J connectivity index is 1.61. The first-order chi connectivity index (χ1) is 12.8. The Kier molecular flexibility index (Phi) is 6.44. The van der Waals surface area contributed by atoms with Crippen molar-refractivity contribution in [1.82, 2.24) is 15.6 Å². The van der Waals surface area contributed by atoms with Crippen LogP contribution in [0.2, 0.25) is 0 Å². The van der Waals surface area contributed by atoms with Gasteiger partial charge in [0.2, 0.25) is 5.89 Å². The van der Waals surface area contributed by atoms with Gasteiger partial charge in [-0.05, 0) is 37.6 Å². The summed E-state index contributed by atoms with van der Waals surface area (Å²) < 4.78 is 5.57. The third-order valence-corrected chi connectivity index (χ3v) is 5.04. The summed E-state index contributed by atoms with van der Waals surface area (Å²) in [5.41, 5.74) is 1.78. The van der Waals surface area contributed by atoms with Crippen molar-refractivity contribution in [3.63, 3.8) is 0 Å². The van der Waals surface area contributed by atoms with Crippen LogP contribution < -0.4 is 10.6 Å². The van der Waals surface area contributed by atoms with Gasteiger partial charge < -0.3 is 15.1 Å². The van der Waals surface area contributed by atoms with Crippen LogP contribution in [0, 0.1) is 0 Å². The minimum absolute atomic E-state index is 0.469. The fraction of sp³-hybridized carbons (Fsp3) is 0.300. The van der Waals surface area contributed by atoms with Crippen LogP contribution in [0.25, 0.3) is 11.5 Å². The largest absolute Gasteiger partial charge is 0.444 e. The molecule has 2 N–H and O–H groups in total. The number of nitrogens with zero attached hydrogens (tertiary/aromatic N) is 2. The van der Waals surface area contributed by atoms with Gasteiger partial charge in [-0.1, -0.05) is 25.1 Å². The fourth-order valence-electron chi connectivity index (χ4n) is 2.47. The number of aromatic nitrogens is 1. The molecule has 0 aliphatic heterocycles. The third kappa shape index (κ3) is 4.95. The highest BCUT2D eigenvalue weighted by Gasteiger charge is 2.06. The Morgan fingerprint density at radius 2 is 1.88 bits per heavy atom. The molecule has 0 bridgehead atoms. The van der Waals surface area contributed by atoms with Crippen LogP contribution in [0.1, 0.15) is 29.3 Å². The lowest BCUT2D eigenvalue weighted by Gasteiger charge is -2.09. The second kappa shape index (κ2) is 9.20. The summed E-state index contributed by atoms with van der Waals surface area (Å²) in [5.74, 6) is 1.41. The Hall–Kier alpha value is -2.60. The predicted molar refractivity (Wildman–Crippen MR) is 107 cm³/mol. The number of nitrogens with one attached hydrogen (secondary N) is 2. The van der Waals surface area contributed by atoms with E-state index in [1.54, 1.807) is 6.26 Å². The molecule has 3 rings (SSSR count). The molecule has 0 fully saturated rings. The Bertz CT molecular complexity index is 838. The lowest BCUT2D eigenvalue weighted by molar-refractivity contribution is 0.572. The molecule has 6 heteroatoms. The molecule has 0 radical (unpaired) electrons. The molecular formula is C20H24N4OS. The smallest absolute Gasteiger partial charge is 0.226 e. The van der Waals surface area contributed by atoms with Crippen molar-refractivity contribution in [3.05, 3.63) is 64.2 Å². The van der Waals surface area contributed by atoms with Crippen LogP contribution in [0.3, 0.4) is 0 Å². The van der Waals surface area contributed by atoms with Gasteiger partial charge in [0.05, 0.1) is 13.1 Å². The van der Waals surface area contributed by atoms with E-state index < -0.39 is 0 Å². The molecule has 136 valence electrons. The number of thiophene rings is 1. The normalized spacial score (nSPS) is 11.5. The molecule has 3 aromatic rings. The third-order valence-electron chi connectivity index (χ3n) is 3.81. The topological polar surface area (TPSA) is 62.5 Å². The van der Waals surface area contributed by atoms with Crippen LogP contribution in [0.4, 0.5) is 0 Å². The summed E-state index contributed by atoms with van der Waals surface area (Å²) in [6, 6.07) is 14.2. The Labute approximate surface area is 158 Å². The number of benzene rings is 1. The summed E-state index contributed by atoms with van der Waals surface area (Å²) >= 11 is 1.84. The SMILES string of the molecule is CCNC(=NCc1coc(-c2ccccc2)n1)NCc1ccc(CC)s1. The van der Waals surface area contributed by atoms with E-state index in [0.717, 1.165) is 36.7 Å². The van der Waals surface area contributed by atoms with E-state index in [4.69, 9.17) is 4.42 Å². The number of aryl methyl sites for hydroxylation is 1. The first-order valence-corrected chi connectivity index (χ1v) is 9.69. The quantitative estimate of drug-likeness (QED) is 0.484. The standard InChI is InChI=1S/C20H24N4OS/c1-3-17-10-11-18(26-17)13-23-20(21-4-2)22-12-16-14-25-19(24-16)15-8-6-5-7-9-15/h5-11,14H,3-4,12-13H2,1-2H3,(H2,21,22,23). The molecule has 0 aliphatic carbocycles. The summed E-state index contributed by atoms with van der Waals surface area (Å²) in [7, 11) is 0. The zero-order chi connectivity index (χ0) is 18.2. The van der Waals surface area contributed by atoms with Gasteiger partial charge >= 0.3 is 0 Å². The summed E-state index contributed by atoms with van der Waals surface area (Å²) in [6.07, 6.45) is 2.75. The Morgan fingerprint density at radius 1 is 1.08 bits per heavy atom. The summed E-state index contributed by atoms with van der Waals surface area (Å²) in [6.45, 7) is 6.28. The molecule has 5 nitrogen and oxygen atoms in total. The van der Waals surface area contributed by atoms with E-state index in [1.165, 1.54) is 9.75 Å². The van der Waals surface area contributed by atoms with Gasteiger partial charge in [0, 0.05) is 21.9 Å². The Morgan fingerprint density at radius 3 is 2.62 bits per heavy atom. The van der Waals surface area contributed by atoms with E-state index in [-0.39, 0.29) is 0 Å². The average Bonchev–Trinajstić information content (AvgIpc) is 3.34. The maximum absolute atomic E-state index is 5.57. The van der Waals surface area contributed by atoms with Crippen LogP contribution in [-0.4, -0.2) is 17.5 Å². The second-order valence-electron chi connectivity index (χ2n) is 5.78. The molecule has 2 heterocycles. The lowest BCUT2D eigenvalue weighted by Crippen LogP contribution is -2.36. The zero-order valence-electron chi connectivity index (χ0n) is 15.2. The van der Waals surface area contributed by atoms with Crippen molar-refractivity contribution in [2.45, 2.75) is 33.4 Å². The number of rotatable bonds is 7. The maximum Gasteiger partial charge on any atom is 0.226 e. The molecule has 2 aromatic heterocycles. The van der Waals surface area contributed by atoms with Gasteiger partial charge in [-0.25, -0.2) is 9.98 Å². The number of aliphatic imine (C=N–C) groups is 1. The lowest BCUT2D eigenvalue weighted by atomic mass is 10.2. The van der Waals surface area contributed by atoms with Crippen LogP contribution in [0.5, 0.6) is 0 Å². The molecule has 26 heavy (non-hydrogen) atoms. The number of guanidine groups is 1. The predicted octanol–water partition coefficient (Wildman–Crippen LogP) is 4.22. The molecule has 0 atom stereocenters. The number of hydrogen-bond acceptors (Lipinski definition) is 4. The van der Waals surface area contributed by atoms with Crippen molar-refractivity contribution in [3.8, 4) is 11.5 Å². The van der Waals surface area contributed by atoms with Gasteiger partial charge in [-0.15, -0.1) is 11.3 Å². The van der Waals surface area contributed by atoms with E-state index in [0.29, 0.717) is 12.4 Å².